The third kappa shape index (κ3) is 3.73. The van der Waals surface area contributed by atoms with E-state index in [0.717, 1.165) is 4.90 Å². The molecule has 3 amide bonds. The van der Waals surface area contributed by atoms with Crippen molar-refractivity contribution < 1.29 is 23.9 Å². The lowest BCUT2D eigenvalue weighted by molar-refractivity contribution is -0.139. The lowest BCUT2D eigenvalue weighted by Gasteiger charge is -2.18. The molecule has 5 rings (SSSR count). The zero-order valence-electron chi connectivity index (χ0n) is 17.5. The molecule has 0 N–H and O–H groups in total. The van der Waals surface area contributed by atoms with Crippen LogP contribution in [-0.2, 0) is 9.59 Å². The summed E-state index contributed by atoms with van der Waals surface area (Å²) in [5.74, 6) is -2.32. The van der Waals surface area contributed by atoms with Crippen LogP contribution in [0, 0.1) is 5.92 Å². The molecule has 2 heterocycles. The highest BCUT2D eigenvalue weighted by molar-refractivity contribution is 6.44. The molecule has 0 saturated carbocycles. The molecule has 0 spiro atoms. The number of halogens is 2. The molecule has 1 fully saturated rings. The molecular formula is C25H16Cl2N2O5. The van der Waals surface area contributed by atoms with Crippen molar-refractivity contribution in [1.29, 1.82) is 0 Å². The van der Waals surface area contributed by atoms with Crippen molar-refractivity contribution in [1.82, 2.24) is 0 Å². The average molecular weight is 495 g/mol. The number of benzene rings is 3. The molecule has 9 heteroatoms. The van der Waals surface area contributed by atoms with Crippen LogP contribution < -0.4 is 14.5 Å². The maximum Gasteiger partial charge on any atom is 0.316 e. The van der Waals surface area contributed by atoms with Crippen molar-refractivity contribution in [3.05, 3.63) is 87.9 Å². The van der Waals surface area contributed by atoms with Crippen LogP contribution in [0.15, 0.2) is 66.7 Å². The first-order valence-corrected chi connectivity index (χ1v) is 11.1. The summed E-state index contributed by atoms with van der Waals surface area (Å²) in [7, 11) is 0. The second-order valence-corrected chi connectivity index (χ2v) is 8.67. The van der Waals surface area contributed by atoms with Gasteiger partial charge < -0.3 is 9.64 Å². The molecule has 2 aliphatic rings. The van der Waals surface area contributed by atoms with Crippen molar-refractivity contribution in [3.63, 3.8) is 0 Å². The molecule has 3 aromatic carbocycles. The third-order valence-electron chi connectivity index (χ3n) is 5.77. The van der Waals surface area contributed by atoms with Gasteiger partial charge in [0.15, 0.2) is 0 Å². The molecule has 0 unspecified atom stereocenters. The molecule has 0 radical (unpaired) electrons. The Morgan fingerprint density at radius 2 is 1.56 bits per heavy atom. The number of amides is 3. The average Bonchev–Trinajstić information content (AvgIpc) is 3.33. The van der Waals surface area contributed by atoms with E-state index in [1.54, 1.807) is 60.7 Å². The Balaban J connectivity index is 1.32. The highest BCUT2D eigenvalue weighted by Crippen LogP contribution is 2.36. The van der Waals surface area contributed by atoms with Crippen molar-refractivity contribution >= 4 is 58.3 Å². The Bertz CT molecular complexity index is 1340. The van der Waals surface area contributed by atoms with Gasteiger partial charge in [0.05, 0.1) is 38.5 Å². The highest BCUT2D eigenvalue weighted by atomic mass is 35.5. The minimum Gasteiger partial charge on any atom is -0.426 e. The van der Waals surface area contributed by atoms with Gasteiger partial charge in [-0.2, -0.15) is 0 Å². The van der Waals surface area contributed by atoms with Crippen molar-refractivity contribution in [2.24, 2.45) is 5.92 Å². The first kappa shape index (κ1) is 22.1. The van der Waals surface area contributed by atoms with E-state index in [4.69, 9.17) is 27.9 Å². The smallest absolute Gasteiger partial charge is 0.316 e. The molecular weight excluding hydrogens is 479 g/mol. The summed E-state index contributed by atoms with van der Waals surface area (Å²) >= 11 is 12.3. The van der Waals surface area contributed by atoms with Crippen LogP contribution >= 0.6 is 23.2 Å². The molecule has 7 nitrogen and oxygen atoms in total. The number of nitrogens with zero attached hydrogens (tertiary/aromatic N) is 2. The van der Waals surface area contributed by atoms with E-state index < -0.39 is 23.7 Å². The summed E-state index contributed by atoms with van der Waals surface area (Å²) < 4.78 is 5.51. The second-order valence-electron chi connectivity index (χ2n) is 7.89. The lowest BCUT2D eigenvalue weighted by Crippen LogP contribution is -2.29. The second kappa shape index (κ2) is 8.59. The van der Waals surface area contributed by atoms with E-state index in [1.807, 2.05) is 0 Å². The Hall–Kier alpha value is -3.68. The van der Waals surface area contributed by atoms with Crippen LogP contribution in [0.25, 0.3) is 0 Å². The van der Waals surface area contributed by atoms with Gasteiger partial charge in [-0.3, -0.25) is 19.2 Å². The summed E-state index contributed by atoms with van der Waals surface area (Å²) in [5.41, 5.74) is 1.35. The fourth-order valence-corrected chi connectivity index (χ4v) is 4.51. The number of carbonyl (C=O) groups excluding carboxylic acids is 4. The largest absolute Gasteiger partial charge is 0.426 e. The van der Waals surface area contributed by atoms with E-state index in [0.29, 0.717) is 21.8 Å². The van der Waals surface area contributed by atoms with Crippen LogP contribution in [0.2, 0.25) is 10.0 Å². The van der Waals surface area contributed by atoms with Gasteiger partial charge in [-0.15, -0.1) is 0 Å². The van der Waals surface area contributed by atoms with Gasteiger partial charge in [0, 0.05) is 19.0 Å². The minimum atomic E-state index is -0.717. The number of rotatable bonds is 4. The summed E-state index contributed by atoms with van der Waals surface area (Å²) in [5, 5.41) is 0.545. The summed E-state index contributed by atoms with van der Waals surface area (Å²) in [6, 6.07) is 17.7. The number of esters is 1. The van der Waals surface area contributed by atoms with Gasteiger partial charge in [0.25, 0.3) is 11.8 Å². The van der Waals surface area contributed by atoms with Crippen LogP contribution in [0.3, 0.4) is 0 Å². The van der Waals surface area contributed by atoms with Crippen molar-refractivity contribution in [2.45, 2.75) is 6.42 Å². The van der Waals surface area contributed by atoms with Crippen molar-refractivity contribution in [3.8, 4) is 5.75 Å². The molecule has 0 aromatic heterocycles. The molecule has 34 heavy (non-hydrogen) atoms. The minimum absolute atomic E-state index is 0.0419. The zero-order valence-corrected chi connectivity index (χ0v) is 19.0. The molecule has 1 saturated heterocycles. The monoisotopic (exact) mass is 494 g/mol. The first-order chi connectivity index (χ1) is 16.3. The quantitative estimate of drug-likeness (QED) is 0.296. The number of fused-ring (bicyclic) bond motifs is 1. The van der Waals surface area contributed by atoms with Gasteiger partial charge in [0.1, 0.15) is 5.75 Å². The fourth-order valence-electron chi connectivity index (χ4n) is 4.11. The Morgan fingerprint density at radius 1 is 0.882 bits per heavy atom. The number of ether oxygens (including phenoxy) is 1. The van der Waals surface area contributed by atoms with Crippen LogP contribution in [0.1, 0.15) is 27.1 Å². The SMILES string of the molecule is O=C(Oc1cccc(N2C(=O)c3ccccc3C2=O)c1)[C@@H]1CC(=O)N(c2cccc(Cl)c2Cl)C1. The molecule has 1 atom stereocenters. The molecule has 0 aliphatic carbocycles. The van der Waals surface area contributed by atoms with E-state index in [9.17, 15) is 19.2 Å². The van der Waals surface area contributed by atoms with Gasteiger partial charge in [-0.05, 0) is 36.4 Å². The number of hydrogen-bond donors (Lipinski definition) is 0. The number of carbonyl (C=O) groups is 4. The van der Waals surface area contributed by atoms with Gasteiger partial charge in [-0.25, -0.2) is 4.90 Å². The number of hydrogen-bond acceptors (Lipinski definition) is 5. The van der Waals surface area contributed by atoms with Crippen molar-refractivity contribution in [2.75, 3.05) is 16.3 Å². The maximum atomic E-state index is 12.8. The van der Waals surface area contributed by atoms with E-state index >= 15 is 0 Å². The lowest BCUT2D eigenvalue weighted by atomic mass is 10.1. The van der Waals surface area contributed by atoms with Gasteiger partial charge in [-0.1, -0.05) is 47.5 Å². The Kier molecular flexibility index (Phi) is 5.59. The normalized spacial score (nSPS) is 17.4. The Labute approximate surface area is 204 Å². The van der Waals surface area contributed by atoms with E-state index in [1.165, 1.54) is 11.0 Å². The van der Waals surface area contributed by atoms with Gasteiger partial charge in [0.2, 0.25) is 5.91 Å². The van der Waals surface area contributed by atoms with E-state index in [-0.39, 0.29) is 35.3 Å². The standard InChI is InChI=1S/C25H16Cl2N2O5/c26-19-9-4-10-20(22(19)27)28-13-14(11-21(28)30)25(33)34-16-6-3-5-15(12-16)29-23(31)17-7-1-2-8-18(17)24(29)32/h1-10,12,14H,11,13H2/t14-/m1/s1. The topological polar surface area (TPSA) is 84.0 Å². The van der Waals surface area contributed by atoms with Crippen LogP contribution in [0.5, 0.6) is 5.75 Å². The molecule has 170 valence electrons. The van der Waals surface area contributed by atoms with Crippen LogP contribution in [0.4, 0.5) is 11.4 Å². The summed E-state index contributed by atoms with van der Waals surface area (Å²) in [6.45, 7) is 0.0931. The Morgan fingerprint density at radius 3 is 2.26 bits per heavy atom. The highest BCUT2D eigenvalue weighted by Gasteiger charge is 2.38. The predicted octanol–water partition coefficient (Wildman–Crippen LogP) is 4.75. The molecule has 0 bridgehead atoms. The van der Waals surface area contributed by atoms with Crippen LogP contribution in [-0.4, -0.2) is 30.2 Å². The third-order valence-corrected chi connectivity index (χ3v) is 6.58. The number of anilines is 2. The summed E-state index contributed by atoms with van der Waals surface area (Å²) in [6.07, 6.45) is -0.0419. The summed E-state index contributed by atoms with van der Waals surface area (Å²) in [4.78, 5) is 53.3. The fraction of sp³-hybridized carbons (Fsp3) is 0.120. The number of imide groups is 1. The first-order valence-electron chi connectivity index (χ1n) is 10.4. The zero-order chi connectivity index (χ0) is 24.0. The van der Waals surface area contributed by atoms with E-state index in [2.05, 4.69) is 0 Å². The van der Waals surface area contributed by atoms with Gasteiger partial charge >= 0.3 is 5.97 Å². The molecule has 3 aromatic rings. The molecule has 2 aliphatic heterocycles. The maximum absolute atomic E-state index is 12.8. The predicted molar refractivity (Wildman–Crippen MR) is 127 cm³/mol.